The number of nitrogens with zero attached hydrogens (tertiary/aromatic N) is 2. The minimum Gasteiger partial charge on any atom is -0.468 e. The van der Waals surface area contributed by atoms with Crippen molar-refractivity contribution in [2.75, 3.05) is 18.0 Å². The molecule has 0 bridgehead atoms. The Kier molecular flexibility index (Phi) is 5.83. The van der Waals surface area contributed by atoms with E-state index in [9.17, 15) is 23.3 Å². The van der Waals surface area contributed by atoms with Crippen LogP contribution < -0.4 is 4.31 Å². The summed E-state index contributed by atoms with van der Waals surface area (Å²) in [5, 5.41) is 11.3. The number of non-ortho nitro benzene ring substituents is 1. The number of rotatable bonds is 6. The number of anilines is 1. The van der Waals surface area contributed by atoms with Gasteiger partial charge in [0.15, 0.2) is 0 Å². The monoisotopic (exact) mass is 398 g/mol. The molecule has 0 aliphatic carbocycles. The minimum absolute atomic E-state index is 0.214. The molecule has 2 aromatic rings. The van der Waals surface area contributed by atoms with Crippen molar-refractivity contribution < 1.29 is 22.9 Å². The molecule has 10 heteroatoms. The second-order valence-electron chi connectivity index (χ2n) is 5.27. The first-order valence-electron chi connectivity index (χ1n) is 7.27. The summed E-state index contributed by atoms with van der Waals surface area (Å²) < 4.78 is 31.5. The molecule has 0 aliphatic heterocycles. The Morgan fingerprint density at radius 1 is 1.27 bits per heavy atom. The Bertz CT molecular complexity index is 961. The van der Waals surface area contributed by atoms with E-state index in [-0.39, 0.29) is 16.3 Å². The molecule has 0 unspecified atom stereocenters. The van der Waals surface area contributed by atoms with Gasteiger partial charge in [0.2, 0.25) is 0 Å². The summed E-state index contributed by atoms with van der Waals surface area (Å²) in [6.07, 6.45) is 0. The molecule has 0 aromatic heterocycles. The van der Waals surface area contributed by atoms with Gasteiger partial charge in [0.25, 0.3) is 15.7 Å². The SMILES string of the molecule is COC(=O)CN(c1ccc(Cl)cc1C)S(=O)(=O)c1cccc([N+](=O)[O-])c1. The molecule has 0 saturated heterocycles. The van der Waals surface area contributed by atoms with Gasteiger partial charge in [0.1, 0.15) is 6.54 Å². The number of benzene rings is 2. The molecular weight excluding hydrogens is 384 g/mol. The quantitative estimate of drug-likeness (QED) is 0.420. The lowest BCUT2D eigenvalue weighted by Crippen LogP contribution is -2.36. The van der Waals surface area contributed by atoms with Gasteiger partial charge in [-0.15, -0.1) is 0 Å². The third kappa shape index (κ3) is 4.12. The van der Waals surface area contributed by atoms with Crippen LogP contribution >= 0.6 is 11.6 Å². The number of methoxy groups -OCH3 is 1. The fraction of sp³-hybridized carbons (Fsp3) is 0.188. The van der Waals surface area contributed by atoms with E-state index in [1.165, 1.54) is 30.3 Å². The van der Waals surface area contributed by atoms with Crippen LogP contribution in [0.3, 0.4) is 0 Å². The largest absolute Gasteiger partial charge is 0.468 e. The number of nitro benzene ring substituents is 1. The van der Waals surface area contributed by atoms with Crippen molar-refractivity contribution in [3.05, 3.63) is 63.2 Å². The van der Waals surface area contributed by atoms with Gasteiger partial charge in [-0.05, 0) is 36.8 Å². The fourth-order valence-electron chi connectivity index (χ4n) is 2.26. The van der Waals surface area contributed by atoms with Crippen LogP contribution in [0.2, 0.25) is 5.02 Å². The summed E-state index contributed by atoms with van der Waals surface area (Å²) in [5.41, 5.74) is 0.346. The second-order valence-corrected chi connectivity index (χ2v) is 7.57. The van der Waals surface area contributed by atoms with Crippen molar-refractivity contribution in [2.45, 2.75) is 11.8 Å². The van der Waals surface area contributed by atoms with E-state index in [1.54, 1.807) is 13.0 Å². The number of carbonyl (C=O) groups excluding carboxylic acids is 1. The van der Waals surface area contributed by atoms with Crippen molar-refractivity contribution in [1.82, 2.24) is 0 Å². The maximum atomic E-state index is 13.1. The lowest BCUT2D eigenvalue weighted by molar-refractivity contribution is -0.385. The summed E-state index contributed by atoms with van der Waals surface area (Å²) in [7, 11) is -3.13. The van der Waals surface area contributed by atoms with Gasteiger partial charge in [-0.1, -0.05) is 17.7 Å². The molecule has 0 spiro atoms. The first kappa shape index (κ1) is 19.7. The van der Waals surface area contributed by atoms with Gasteiger partial charge in [-0.3, -0.25) is 19.2 Å². The summed E-state index contributed by atoms with van der Waals surface area (Å²) in [5.74, 6) is -0.784. The van der Waals surface area contributed by atoms with Crippen LogP contribution in [0.25, 0.3) is 0 Å². The van der Waals surface area contributed by atoms with Gasteiger partial charge in [0, 0.05) is 17.2 Å². The van der Waals surface area contributed by atoms with Gasteiger partial charge in [-0.2, -0.15) is 0 Å². The molecule has 0 radical (unpaired) electrons. The molecule has 138 valence electrons. The van der Waals surface area contributed by atoms with Crippen LogP contribution in [0.4, 0.5) is 11.4 Å². The minimum atomic E-state index is -4.27. The van der Waals surface area contributed by atoms with E-state index in [0.717, 1.165) is 17.5 Å². The summed E-state index contributed by atoms with van der Waals surface area (Å²) in [6, 6.07) is 9.08. The molecule has 0 atom stereocenters. The molecule has 26 heavy (non-hydrogen) atoms. The van der Waals surface area contributed by atoms with Crippen LogP contribution in [0, 0.1) is 17.0 Å². The average molecular weight is 399 g/mol. The molecule has 0 amide bonds. The predicted molar refractivity (Wildman–Crippen MR) is 95.8 cm³/mol. The topological polar surface area (TPSA) is 107 Å². The molecule has 0 saturated carbocycles. The second kappa shape index (κ2) is 7.71. The molecule has 0 heterocycles. The van der Waals surface area contributed by atoms with Crippen molar-refractivity contribution in [1.29, 1.82) is 0 Å². The van der Waals surface area contributed by atoms with E-state index in [4.69, 9.17) is 11.6 Å². The van der Waals surface area contributed by atoms with E-state index in [1.807, 2.05) is 0 Å². The third-order valence-corrected chi connectivity index (χ3v) is 5.54. The van der Waals surface area contributed by atoms with E-state index in [2.05, 4.69) is 4.74 Å². The van der Waals surface area contributed by atoms with Gasteiger partial charge >= 0.3 is 5.97 Å². The normalized spacial score (nSPS) is 11.0. The lowest BCUT2D eigenvalue weighted by Gasteiger charge is -2.25. The maximum absolute atomic E-state index is 13.1. The Balaban J connectivity index is 2.61. The number of aryl methyl sites for hydroxylation is 1. The molecule has 2 aromatic carbocycles. The highest BCUT2D eigenvalue weighted by Gasteiger charge is 2.29. The fourth-order valence-corrected chi connectivity index (χ4v) is 4.01. The van der Waals surface area contributed by atoms with Crippen LogP contribution in [-0.4, -0.2) is 33.0 Å². The number of carbonyl (C=O) groups is 1. The van der Waals surface area contributed by atoms with Gasteiger partial charge < -0.3 is 4.74 Å². The Morgan fingerprint density at radius 2 is 1.96 bits per heavy atom. The van der Waals surface area contributed by atoms with E-state index in [0.29, 0.717) is 10.6 Å². The Labute approximate surface area is 155 Å². The number of nitro groups is 1. The van der Waals surface area contributed by atoms with Gasteiger partial charge in [-0.25, -0.2) is 8.42 Å². The summed E-state index contributed by atoms with van der Waals surface area (Å²) in [4.78, 5) is 21.7. The summed E-state index contributed by atoms with van der Waals surface area (Å²) in [6.45, 7) is 1.04. The number of ether oxygens (including phenoxy) is 1. The number of hydrogen-bond donors (Lipinski definition) is 0. The zero-order valence-electron chi connectivity index (χ0n) is 13.9. The first-order valence-corrected chi connectivity index (χ1v) is 9.09. The van der Waals surface area contributed by atoms with Crippen molar-refractivity contribution in [3.63, 3.8) is 0 Å². The standard InChI is InChI=1S/C16H15ClN2O6S/c1-11-8-12(17)6-7-15(11)18(10-16(20)25-2)26(23,24)14-5-3-4-13(9-14)19(21)22/h3-9H,10H2,1-2H3. The van der Waals surface area contributed by atoms with Crippen molar-refractivity contribution in [2.24, 2.45) is 0 Å². The molecule has 8 nitrogen and oxygen atoms in total. The molecule has 0 N–H and O–H groups in total. The Hall–Kier alpha value is -2.65. The van der Waals surface area contributed by atoms with E-state index >= 15 is 0 Å². The van der Waals surface area contributed by atoms with E-state index < -0.39 is 27.5 Å². The summed E-state index contributed by atoms with van der Waals surface area (Å²) >= 11 is 5.91. The smallest absolute Gasteiger partial charge is 0.326 e. The average Bonchev–Trinajstić information content (AvgIpc) is 2.60. The zero-order chi connectivity index (χ0) is 19.5. The zero-order valence-corrected chi connectivity index (χ0v) is 15.5. The highest BCUT2D eigenvalue weighted by molar-refractivity contribution is 7.92. The van der Waals surface area contributed by atoms with Gasteiger partial charge in [0.05, 0.1) is 22.6 Å². The highest BCUT2D eigenvalue weighted by atomic mass is 35.5. The Morgan fingerprint density at radius 3 is 2.54 bits per heavy atom. The van der Waals surface area contributed by atoms with Crippen LogP contribution in [0.1, 0.15) is 5.56 Å². The number of hydrogen-bond acceptors (Lipinski definition) is 6. The first-order chi connectivity index (χ1) is 12.2. The van der Waals surface area contributed by atoms with Crippen molar-refractivity contribution >= 4 is 39.0 Å². The lowest BCUT2D eigenvalue weighted by atomic mass is 10.2. The molecule has 0 fully saturated rings. The van der Waals surface area contributed by atoms with Crippen LogP contribution in [0.15, 0.2) is 47.4 Å². The number of sulfonamides is 1. The predicted octanol–water partition coefficient (Wildman–Crippen LogP) is 2.92. The molecule has 0 aliphatic rings. The third-order valence-electron chi connectivity index (χ3n) is 3.54. The van der Waals surface area contributed by atoms with Crippen LogP contribution in [0.5, 0.6) is 0 Å². The van der Waals surface area contributed by atoms with Crippen LogP contribution in [-0.2, 0) is 19.6 Å². The number of halogens is 1. The molecular formula is C16H15ClN2O6S. The van der Waals surface area contributed by atoms with Crippen molar-refractivity contribution in [3.8, 4) is 0 Å². The number of esters is 1. The maximum Gasteiger partial charge on any atom is 0.326 e. The highest BCUT2D eigenvalue weighted by Crippen LogP contribution is 2.30. The molecule has 2 rings (SSSR count).